The van der Waals surface area contributed by atoms with E-state index in [0.29, 0.717) is 19.6 Å². The summed E-state index contributed by atoms with van der Waals surface area (Å²) in [6.45, 7) is 5.50. The Bertz CT molecular complexity index is 297. The number of rotatable bonds is 6. The van der Waals surface area contributed by atoms with E-state index in [2.05, 4.69) is 11.6 Å². The Morgan fingerprint density at radius 3 is 2.80 bits per heavy atom. The van der Waals surface area contributed by atoms with Crippen LogP contribution in [0.2, 0.25) is 0 Å². The molecule has 1 rings (SSSR count). The van der Waals surface area contributed by atoms with E-state index in [1.165, 1.54) is 0 Å². The third kappa shape index (κ3) is 3.34. The topological polar surface area (TPSA) is 62.4 Å². The first-order chi connectivity index (χ1) is 7.31. The largest absolute Gasteiger partial charge is 0.395 e. The Morgan fingerprint density at radius 1 is 1.53 bits per heavy atom. The normalized spacial score (nSPS) is 10.0. The number of hydrogen-bond donors (Lipinski definition) is 2. The second-order valence-electron chi connectivity index (χ2n) is 3.19. The van der Waals surface area contributed by atoms with Crippen LogP contribution in [0.3, 0.4) is 0 Å². The monoisotopic (exact) mass is 207 g/mol. The zero-order valence-corrected chi connectivity index (χ0v) is 8.76. The predicted octanol–water partition coefficient (Wildman–Crippen LogP) is 0.525. The van der Waals surface area contributed by atoms with Gasteiger partial charge in [0.05, 0.1) is 6.61 Å². The molecular weight excluding hydrogens is 190 g/mol. The summed E-state index contributed by atoms with van der Waals surface area (Å²) in [5, 5.41) is 8.90. The SMILES string of the molecule is C=CCN(CCO)c1ccc(CN)cn1. The lowest BCUT2D eigenvalue weighted by Crippen LogP contribution is -2.27. The molecule has 0 aliphatic heterocycles. The van der Waals surface area contributed by atoms with Crippen molar-refractivity contribution in [3.63, 3.8) is 0 Å². The summed E-state index contributed by atoms with van der Waals surface area (Å²) in [5.74, 6) is 0.834. The summed E-state index contributed by atoms with van der Waals surface area (Å²) < 4.78 is 0. The average Bonchev–Trinajstić information content (AvgIpc) is 2.29. The van der Waals surface area contributed by atoms with Crippen LogP contribution in [0.1, 0.15) is 5.56 Å². The number of anilines is 1. The fraction of sp³-hybridized carbons (Fsp3) is 0.364. The Labute approximate surface area is 90.0 Å². The molecule has 0 amide bonds. The van der Waals surface area contributed by atoms with Crippen molar-refractivity contribution in [3.05, 3.63) is 36.5 Å². The summed E-state index contributed by atoms with van der Waals surface area (Å²) in [6.07, 6.45) is 3.54. The van der Waals surface area contributed by atoms with Gasteiger partial charge in [-0.2, -0.15) is 0 Å². The van der Waals surface area contributed by atoms with E-state index in [1.54, 1.807) is 12.3 Å². The standard InChI is InChI=1S/C11H17N3O/c1-2-5-14(6-7-15)11-4-3-10(8-12)9-13-11/h2-4,9,15H,1,5-8,12H2. The van der Waals surface area contributed by atoms with Gasteiger partial charge >= 0.3 is 0 Å². The summed E-state index contributed by atoms with van der Waals surface area (Å²) in [4.78, 5) is 6.23. The molecule has 1 aromatic heterocycles. The molecule has 0 fully saturated rings. The van der Waals surface area contributed by atoms with Crippen LogP contribution < -0.4 is 10.6 Å². The average molecular weight is 207 g/mol. The van der Waals surface area contributed by atoms with Crippen LogP contribution >= 0.6 is 0 Å². The van der Waals surface area contributed by atoms with Crippen LogP contribution in [-0.2, 0) is 6.54 Å². The van der Waals surface area contributed by atoms with E-state index in [9.17, 15) is 0 Å². The van der Waals surface area contributed by atoms with Crippen LogP contribution in [-0.4, -0.2) is 29.8 Å². The summed E-state index contributed by atoms with van der Waals surface area (Å²) in [5.41, 5.74) is 6.48. The number of aromatic nitrogens is 1. The van der Waals surface area contributed by atoms with Crippen molar-refractivity contribution >= 4 is 5.82 Å². The molecule has 1 heterocycles. The lowest BCUT2D eigenvalue weighted by Gasteiger charge is -2.20. The molecule has 0 aliphatic carbocycles. The summed E-state index contributed by atoms with van der Waals surface area (Å²) >= 11 is 0. The van der Waals surface area contributed by atoms with Gasteiger partial charge in [0, 0.05) is 25.8 Å². The number of pyridine rings is 1. The highest BCUT2D eigenvalue weighted by Crippen LogP contribution is 2.10. The van der Waals surface area contributed by atoms with Crippen molar-refractivity contribution in [3.8, 4) is 0 Å². The highest BCUT2D eigenvalue weighted by Gasteiger charge is 2.04. The minimum atomic E-state index is 0.105. The van der Waals surface area contributed by atoms with Crippen LogP contribution in [0.25, 0.3) is 0 Å². The smallest absolute Gasteiger partial charge is 0.128 e. The van der Waals surface area contributed by atoms with Gasteiger partial charge in [-0.15, -0.1) is 6.58 Å². The molecule has 3 N–H and O–H groups in total. The molecule has 82 valence electrons. The fourth-order valence-corrected chi connectivity index (χ4v) is 1.30. The molecule has 0 saturated carbocycles. The quantitative estimate of drug-likeness (QED) is 0.668. The van der Waals surface area contributed by atoms with Gasteiger partial charge in [-0.1, -0.05) is 12.1 Å². The molecule has 4 heteroatoms. The second-order valence-corrected chi connectivity index (χ2v) is 3.19. The zero-order valence-electron chi connectivity index (χ0n) is 8.76. The van der Waals surface area contributed by atoms with Crippen molar-refractivity contribution in [1.29, 1.82) is 0 Å². The number of nitrogens with zero attached hydrogens (tertiary/aromatic N) is 2. The molecule has 0 bridgehead atoms. The molecule has 1 aromatic rings. The third-order valence-electron chi connectivity index (χ3n) is 2.09. The molecule has 4 nitrogen and oxygen atoms in total. The van der Waals surface area contributed by atoms with Gasteiger partial charge in [-0.25, -0.2) is 4.98 Å². The van der Waals surface area contributed by atoms with E-state index in [0.717, 1.165) is 11.4 Å². The van der Waals surface area contributed by atoms with Crippen molar-refractivity contribution in [1.82, 2.24) is 4.98 Å². The lowest BCUT2D eigenvalue weighted by atomic mass is 10.3. The van der Waals surface area contributed by atoms with E-state index in [-0.39, 0.29) is 6.61 Å². The number of aliphatic hydroxyl groups excluding tert-OH is 1. The molecule has 0 atom stereocenters. The van der Waals surface area contributed by atoms with E-state index < -0.39 is 0 Å². The first-order valence-electron chi connectivity index (χ1n) is 4.93. The van der Waals surface area contributed by atoms with E-state index >= 15 is 0 Å². The van der Waals surface area contributed by atoms with Gasteiger partial charge in [-0.05, 0) is 11.6 Å². The molecular formula is C11H17N3O. The Hall–Kier alpha value is -1.39. The lowest BCUT2D eigenvalue weighted by molar-refractivity contribution is 0.302. The molecule has 0 aromatic carbocycles. The van der Waals surface area contributed by atoms with Gasteiger partial charge < -0.3 is 15.7 Å². The third-order valence-corrected chi connectivity index (χ3v) is 2.09. The van der Waals surface area contributed by atoms with Gasteiger partial charge in [0.2, 0.25) is 0 Å². The molecule has 0 saturated heterocycles. The highest BCUT2D eigenvalue weighted by molar-refractivity contribution is 5.40. The molecule has 15 heavy (non-hydrogen) atoms. The maximum absolute atomic E-state index is 8.90. The van der Waals surface area contributed by atoms with E-state index in [4.69, 9.17) is 10.8 Å². The molecule has 0 unspecified atom stereocenters. The summed E-state index contributed by atoms with van der Waals surface area (Å²) in [7, 11) is 0. The Kier molecular flexibility index (Phi) is 4.80. The summed E-state index contributed by atoms with van der Waals surface area (Å²) in [6, 6.07) is 3.84. The predicted molar refractivity (Wildman–Crippen MR) is 61.6 cm³/mol. The van der Waals surface area contributed by atoms with Gasteiger partial charge in [0.15, 0.2) is 0 Å². The highest BCUT2D eigenvalue weighted by atomic mass is 16.3. The van der Waals surface area contributed by atoms with E-state index in [1.807, 2.05) is 17.0 Å². The van der Waals surface area contributed by atoms with Gasteiger partial charge in [0.1, 0.15) is 5.82 Å². The minimum Gasteiger partial charge on any atom is -0.395 e. The van der Waals surface area contributed by atoms with Gasteiger partial charge in [-0.3, -0.25) is 0 Å². The fourth-order valence-electron chi connectivity index (χ4n) is 1.30. The second kappa shape index (κ2) is 6.16. The van der Waals surface area contributed by atoms with Gasteiger partial charge in [0.25, 0.3) is 0 Å². The Morgan fingerprint density at radius 2 is 2.33 bits per heavy atom. The van der Waals surface area contributed by atoms with Crippen molar-refractivity contribution in [2.75, 3.05) is 24.6 Å². The van der Waals surface area contributed by atoms with Crippen molar-refractivity contribution in [2.24, 2.45) is 5.73 Å². The Balaban J connectivity index is 2.76. The molecule has 0 aliphatic rings. The van der Waals surface area contributed by atoms with Crippen molar-refractivity contribution < 1.29 is 5.11 Å². The van der Waals surface area contributed by atoms with Crippen LogP contribution in [0, 0.1) is 0 Å². The minimum absolute atomic E-state index is 0.105. The number of hydrogen-bond acceptors (Lipinski definition) is 4. The van der Waals surface area contributed by atoms with Crippen LogP contribution in [0.5, 0.6) is 0 Å². The number of aliphatic hydroxyl groups is 1. The van der Waals surface area contributed by atoms with Crippen molar-refractivity contribution in [2.45, 2.75) is 6.54 Å². The zero-order chi connectivity index (χ0) is 11.1. The van der Waals surface area contributed by atoms with Crippen LogP contribution in [0.4, 0.5) is 5.82 Å². The van der Waals surface area contributed by atoms with Crippen LogP contribution in [0.15, 0.2) is 31.0 Å². The molecule has 0 radical (unpaired) electrons. The maximum atomic E-state index is 8.90. The molecule has 0 spiro atoms. The number of nitrogens with two attached hydrogens (primary N) is 1. The first kappa shape index (κ1) is 11.7. The first-order valence-corrected chi connectivity index (χ1v) is 4.93. The maximum Gasteiger partial charge on any atom is 0.128 e.